The maximum Gasteiger partial charge on any atom is 0.243 e. The van der Waals surface area contributed by atoms with Crippen LogP contribution in [-0.2, 0) is 24.1 Å². The van der Waals surface area contributed by atoms with Crippen molar-refractivity contribution >= 4 is 5.91 Å². The highest BCUT2D eigenvalue weighted by molar-refractivity contribution is 5.87. The number of nitrogens with one attached hydrogen (secondary N) is 1. The predicted octanol–water partition coefficient (Wildman–Crippen LogP) is 2.34. The molecule has 0 unspecified atom stereocenters. The minimum atomic E-state index is -0.00879. The molecule has 0 fully saturated rings. The van der Waals surface area contributed by atoms with Gasteiger partial charge < -0.3 is 10.2 Å². The Hall–Kier alpha value is -1.61. The van der Waals surface area contributed by atoms with Crippen LogP contribution in [0.4, 0.5) is 0 Å². The lowest BCUT2D eigenvalue weighted by molar-refractivity contribution is -0.117. The van der Waals surface area contributed by atoms with E-state index in [0.29, 0.717) is 0 Å². The molecule has 0 radical (unpaired) electrons. The number of nitrogens with zero attached hydrogens (tertiary/aromatic N) is 1. The van der Waals surface area contributed by atoms with E-state index in [9.17, 15) is 4.79 Å². The fourth-order valence-electron chi connectivity index (χ4n) is 2.82. The molecule has 0 spiro atoms. The lowest BCUT2D eigenvalue weighted by Crippen LogP contribution is -2.32. The lowest BCUT2D eigenvalue weighted by Gasteiger charge is -2.13. The summed E-state index contributed by atoms with van der Waals surface area (Å²) >= 11 is 0. The number of likely N-dealkylation sites (N-methyl/N-ethyl adjacent to an activating group) is 1. The van der Waals surface area contributed by atoms with Crippen LogP contribution in [0.5, 0.6) is 0 Å². The second kappa shape index (κ2) is 7.41. The molecule has 2 rings (SSSR count). The minimum Gasteiger partial charge on any atom is -0.350 e. The van der Waals surface area contributed by atoms with Gasteiger partial charge >= 0.3 is 0 Å². The molecule has 3 heteroatoms. The Bertz CT molecular complexity index is 520. The Morgan fingerprint density at radius 3 is 2.86 bits per heavy atom. The third-order valence-electron chi connectivity index (χ3n) is 3.83. The van der Waals surface area contributed by atoms with Gasteiger partial charge in [0.1, 0.15) is 0 Å². The zero-order valence-electron chi connectivity index (χ0n) is 13.4. The van der Waals surface area contributed by atoms with E-state index in [1.165, 1.54) is 36.0 Å². The number of hydrogen-bond acceptors (Lipinski definition) is 2. The summed E-state index contributed by atoms with van der Waals surface area (Å²) in [4.78, 5) is 13.8. The van der Waals surface area contributed by atoms with Crippen molar-refractivity contribution in [3.8, 4) is 0 Å². The smallest absolute Gasteiger partial charge is 0.243 e. The first-order chi connectivity index (χ1) is 10.0. The van der Waals surface area contributed by atoms with Gasteiger partial charge in [-0.2, -0.15) is 0 Å². The summed E-state index contributed by atoms with van der Waals surface area (Å²) in [5.41, 5.74) is 4.32. The SMILES string of the molecule is C[C@H](Cc1ccc2c(c1)CCC2)NC(=O)/C=C/CN(C)C. The van der Waals surface area contributed by atoms with Crippen molar-refractivity contribution in [2.45, 2.75) is 38.6 Å². The van der Waals surface area contributed by atoms with Gasteiger partial charge in [-0.15, -0.1) is 0 Å². The predicted molar refractivity (Wildman–Crippen MR) is 87.5 cm³/mol. The van der Waals surface area contributed by atoms with Gasteiger partial charge in [0.05, 0.1) is 0 Å². The summed E-state index contributed by atoms with van der Waals surface area (Å²) in [5.74, 6) is -0.00879. The van der Waals surface area contributed by atoms with E-state index in [1.807, 2.05) is 25.1 Å². The summed E-state index contributed by atoms with van der Waals surface area (Å²) < 4.78 is 0. The van der Waals surface area contributed by atoms with Crippen LogP contribution in [0, 0.1) is 0 Å². The average Bonchev–Trinajstić information content (AvgIpc) is 2.85. The van der Waals surface area contributed by atoms with Crippen molar-refractivity contribution in [2.75, 3.05) is 20.6 Å². The Balaban J connectivity index is 1.82. The molecule has 0 bridgehead atoms. The Morgan fingerprint density at radius 2 is 2.10 bits per heavy atom. The molecule has 0 saturated carbocycles. The van der Waals surface area contributed by atoms with Gasteiger partial charge in [0.15, 0.2) is 0 Å². The van der Waals surface area contributed by atoms with Crippen LogP contribution in [0.2, 0.25) is 0 Å². The number of aryl methyl sites for hydroxylation is 2. The van der Waals surface area contributed by atoms with Crippen molar-refractivity contribution in [3.05, 3.63) is 47.0 Å². The van der Waals surface area contributed by atoms with Crippen LogP contribution < -0.4 is 5.32 Å². The zero-order chi connectivity index (χ0) is 15.2. The molecule has 0 aliphatic heterocycles. The molecular weight excluding hydrogens is 260 g/mol. The number of amides is 1. The molecule has 1 aromatic rings. The maximum absolute atomic E-state index is 11.8. The van der Waals surface area contributed by atoms with Crippen LogP contribution >= 0.6 is 0 Å². The van der Waals surface area contributed by atoms with E-state index in [0.717, 1.165) is 13.0 Å². The molecule has 114 valence electrons. The zero-order valence-corrected chi connectivity index (χ0v) is 13.4. The van der Waals surface area contributed by atoms with Crippen LogP contribution in [0.15, 0.2) is 30.4 Å². The summed E-state index contributed by atoms with van der Waals surface area (Å²) in [6.45, 7) is 2.84. The summed E-state index contributed by atoms with van der Waals surface area (Å²) in [7, 11) is 3.97. The first-order valence-electron chi connectivity index (χ1n) is 7.77. The number of rotatable bonds is 6. The van der Waals surface area contributed by atoms with Gasteiger partial charge in [0, 0.05) is 18.7 Å². The number of benzene rings is 1. The van der Waals surface area contributed by atoms with E-state index in [-0.39, 0.29) is 11.9 Å². The van der Waals surface area contributed by atoms with Crippen LogP contribution in [0.1, 0.15) is 30.0 Å². The molecule has 3 nitrogen and oxygen atoms in total. The molecule has 0 saturated heterocycles. The Kier molecular flexibility index (Phi) is 5.57. The van der Waals surface area contributed by atoms with Gasteiger partial charge in [-0.3, -0.25) is 4.79 Å². The van der Waals surface area contributed by atoms with Crippen molar-refractivity contribution in [3.63, 3.8) is 0 Å². The van der Waals surface area contributed by atoms with Crippen LogP contribution in [0.25, 0.3) is 0 Å². The van der Waals surface area contributed by atoms with Gasteiger partial charge in [0.2, 0.25) is 5.91 Å². The average molecular weight is 286 g/mol. The second-order valence-electron chi connectivity index (χ2n) is 6.23. The quantitative estimate of drug-likeness (QED) is 0.814. The van der Waals surface area contributed by atoms with Gasteiger partial charge in [-0.1, -0.05) is 24.3 Å². The van der Waals surface area contributed by atoms with Gasteiger partial charge in [-0.05, 0) is 63.4 Å². The molecule has 21 heavy (non-hydrogen) atoms. The maximum atomic E-state index is 11.8. The standard InChI is InChI=1S/C18H26N2O/c1-14(19-18(21)8-5-11-20(2)3)12-15-9-10-16-6-4-7-17(16)13-15/h5,8-10,13-14H,4,6-7,11-12H2,1-3H3,(H,19,21)/b8-5+/t14-/m1/s1. The third kappa shape index (κ3) is 5.01. The summed E-state index contributed by atoms with van der Waals surface area (Å²) in [5, 5.41) is 3.03. The van der Waals surface area contributed by atoms with Crippen molar-refractivity contribution in [2.24, 2.45) is 0 Å². The van der Waals surface area contributed by atoms with E-state index in [1.54, 1.807) is 6.08 Å². The topological polar surface area (TPSA) is 32.3 Å². The number of carbonyl (C=O) groups excluding carboxylic acids is 1. The molecule has 0 heterocycles. The number of carbonyl (C=O) groups is 1. The van der Waals surface area contributed by atoms with E-state index in [4.69, 9.17) is 0 Å². The Morgan fingerprint density at radius 1 is 1.33 bits per heavy atom. The highest BCUT2D eigenvalue weighted by atomic mass is 16.1. The molecule has 1 aromatic carbocycles. The first-order valence-corrected chi connectivity index (χ1v) is 7.77. The lowest BCUT2D eigenvalue weighted by atomic mass is 10.0. The number of hydrogen-bond donors (Lipinski definition) is 1. The molecule has 1 aliphatic carbocycles. The Labute approximate surface area is 128 Å². The van der Waals surface area contributed by atoms with Crippen LogP contribution in [0.3, 0.4) is 0 Å². The summed E-state index contributed by atoms with van der Waals surface area (Å²) in [6, 6.07) is 6.92. The van der Waals surface area contributed by atoms with Crippen molar-refractivity contribution in [1.29, 1.82) is 0 Å². The van der Waals surface area contributed by atoms with E-state index >= 15 is 0 Å². The molecule has 1 aliphatic rings. The summed E-state index contributed by atoms with van der Waals surface area (Å²) in [6.07, 6.45) is 8.11. The first kappa shape index (κ1) is 15.8. The van der Waals surface area contributed by atoms with Crippen LogP contribution in [-0.4, -0.2) is 37.5 Å². The highest BCUT2D eigenvalue weighted by Crippen LogP contribution is 2.23. The van der Waals surface area contributed by atoms with E-state index < -0.39 is 0 Å². The van der Waals surface area contributed by atoms with Crippen molar-refractivity contribution in [1.82, 2.24) is 10.2 Å². The fraction of sp³-hybridized carbons (Fsp3) is 0.500. The fourth-order valence-corrected chi connectivity index (χ4v) is 2.82. The minimum absolute atomic E-state index is 0.00879. The molecule has 1 atom stereocenters. The molecular formula is C18H26N2O. The highest BCUT2D eigenvalue weighted by Gasteiger charge is 2.12. The molecule has 0 aromatic heterocycles. The van der Waals surface area contributed by atoms with E-state index in [2.05, 4.69) is 30.4 Å². The largest absolute Gasteiger partial charge is 0.350 e. The molecule has 1 N–H and O–H groups in total. The molecule has 1 amide bonds. The van der Waals surface area contributed by atoms with Gasteiger partial charge in [0.25, 0.3) is 0 Å². The normalized spacial score (nSPS) is 15.4. The number of fused-ring (bicyclic) bond motifs is 1. The second-order valence-corrected chi connectivity index (χ2v) is 6.23. The van der Waals surface area contributed by atoms with Gasteiger partial charge in [-0.25, -0.2) is 0 Å². The monoisotopic (exact) mass is 286 g/mol. The third-order valence-corrected chi connectivity index (χ3v) is 3.83. The van der Waals surface area contributed by atoms with Crippen molar-refractivity contribution < 1.29 is 4.79 Å².